The summed E-state index contributed by atoms with van der Waals surface area (Å²) in [5.74, 6) is 0.156. The highest BCUT2D eigenvalue weighted by atomic mass is 16.1. The van der Waals surface area contributed by atoms with Gasteiger partial charge in [0.1, 0.15) is 0 Å². The van der Waals surface area contributed by atoms with E-state index >= 15 is 0 Å². The minimum absolute atomic E-state index is 0.156. The zero-order valence-corrected chi connectivity index (χ0v) is 10.1. The van der Waals surface area contributed by atoms with Gasteiger partial charge in [0.2, 0.25) is 0 Å². The standard InChI is InChI=1S/C14H17NO/c1-4-9-15-10(2)14(11(3)16)12-7-5-6-8-13(12)15/h5-8H,4,9H2,1-3H3. The second-order valence-electron chi connectivity index (χ2n) is 4.19. The quantitative estimate of drug-likeness (QED) is 0.717. The Morgan fingerprint density at radius 1 is 1.31 bits per heavy atom. The van der Waals surface area contributed by atoms with Crippen LogP contribution >= 0.6 is 0 Å². The number of hydrogen-bond donors (Lipinski definition) is 0. The lowest BCUT2D eigenvalue weighted by atomic mass is 10.1. The average molecular weight is 215 g/mol. The van der Waals surface area contributed by atoms with Crippen molar-refractivity contribution >= 4 is 16.7 Å². The fourth-order valence-electron chi connectivity index (χ4n) is 2.39. The molecule has 1 aromatic heterocycles. The van der Waals surface area contributed by atoms with Gasteiger partial charge in [0.15, 0.2) is 5.78 Å². The summed E-state index contributed by atoms with van der Waals surface area (Å²) in [5, 5.41) is 1.08. The molecule has 1 aromatic carbocycles. The molecule has 16 heavy (non-hydrogen) atoms. The molecule has 2 aromatic rings. The summed E-state index contributed by atoms with van der Waals surface area (Å²) in [7, 11) is 0. The number of para-hydroxylation sites is 1. The average Bonchev–Trinajstić information content (AvgIpc) is 2.53. The molecule has 0 amide bonds. The fourth-order valence-corrected chi connectivity index (χ4v) is 2.39. The van der Waals surface area contributed by atoms with Crippen molar-refractivity contribution in [3.8, 4) is 0 Å². The van der Waals surface area contributed by atoms with Crippen molar-refractivity contribution in [3.05, 3.63) is 35.5 Å². The Morgan fingerprint density at radius 2 is 2.00 bits per heavy atom. The number of carbonyl (C=O) groups excluding carboxylic acids is 1. The Balaban J connectivity index is 2.80. The van der Waals surface area contributed by atoms with Gasteiger partial charge in [0.25, 0.3) is 0 Å². The van der Waals surface area contributed by atoms with Crippen molar-refractivity contribution in [2.75, 3.05) is 0 Å². The minimum atomic E-state index is 0.156. The molecule has 0 spiro atoms. The van der Waals surface area contributed by atoms with Crippen molar-refractivity contribution in [1.82, 2.24) is 4.57 Å². The summed E-state index contributed by atoms with van der Waals surface area (Å²) in [4.78, 5) is 11.7. The third-order valence-electron chi connectivity index (χ3n) is 3.03. The molecule has 0 saturated carbocycles. The molecule has 0 aliphatic heterocycles. The van der Waals surface area contributed by atoms with E-state index in [1.165, 1.54) is 5.52 Å². The van der Waals surface area contributed by atoms with Crippen LogP contribution in [0.15, 0.2) is 24.3 Å². The lowest BCUT2D eigenvalue weighted by Crippen LogP contribution is -2.01. The molecule has 0 radical (unpaired) electrons. The summed E-state index contributed by atoms with van der Waals surface area (Å²) >= 11 is 0. The summed E-state index contributed by atoms with van der Waals surface area (Å²) in [5.41, 5.74) is 3.15. The first kappa shape index (κ1) is 10.9. The third kappa shape index (κ3) is 1.54. The highest BCUT2D eigenvalue weighted by Gasteiger charge is 2.15. The number of rotatable bonds is 3. The van der Waals surface area contributed by atoms with Crippen LogP contribution in [0.3, 0.4) is 0 Å². The van der Waals surface area contributed by atoms with Crippen LogP contribution in [0.5, 0.6) is 0 Å². The van der Waals surface area contributed by atoms with Crippen molar-refractivity contribution in [1.29, 1.82) is 0 Å². The maximum absolute atomic E-state index is 11.7. The number of aryl methyl sites for hydroxylation is 1. The van der Waals surface area contributed by atoms with Gasteiger partial charge >= 0.3 is 0 Å². The molecule has 2 nitrogen and oxygen atoms in total. The Kier molecular flexibility index (Phi) is 2.82. The van der Waals surface area contributed by atoms with Crippen LogP contribution in [0.4, 0.5) is 0 Å². The lowest BCUT2D eigenvalue weighted by molar-refractivity contribution is 0.101. The summed E-state index contributed by atoms with van der Waals surface area (Å²) in [6.45, 7) is 6.80. The van der Waals surface area contributed by atoms with E-state index in [9.17, 15) is 4.79 Å². The van der Waals surface area contributed by atoms with Gasteiger partial charge < -0.3 is 4.57 Å². The van der Waals surface area contributed by atoms with Gasteiger partial charge in [-0.3, -0.25) is 4.79 Å². The van der Waals surface area contributed by atoms with E-state index in [2.05, 4.69) is 17.6 Å². The number of hydrogen-bond acceptors (Lipinski definition) is 1. The molecule has 0 bridgehead atoms. The van der Waals surface area contributed by atoms with Gasteiger partial charge in [-0.2, -0.15) is 0 Å². The molecule has 0 N–H and O–H groups in total. The molecule has 2 rings (SSSR count). The van der Waals surface area contributed by atoms with Crippen LogP contribution in [-0.4, -0.2) is 10.4 Å². The lowest BCUT2D eigenvalue weighted by Gasteiger charge is -2.05. The van der Waals surface area contributed by atoms with Crippen molar-refractivity contribution in [2.45, 2.75) is 33.7 Å². The molecule has 0 unspecified atom stereocenters. The topological polar surface area (TPSA) is 22.0 Å². The molecule has 0 fully saturated rings. The molecular formula is C14H17NO. The normalized spacial score (nSPS) is 10.9. The van der Waals surface area contributed by atoms with Crippen LogP contribution in [0.1, 0.15) is 36.3 Å². The van der Waals surface area contributed by atoms with Gasteiger partial charge in [0, 0.05) is 28.7 Å². The Labute approximate surface area is 95.9 Å². The summed E-state index contributed by atoms with van der Waals surface area (Å²) in [6.07, 6.45) is 1.08. The molecule has 0 atom stereocenters. The van der Waals surface area contributed by atoms with Crippen molar-refractivity contribution in [3.63, 3.8) is 0 Å². The number of carbonyl (C=O) groups is 1. The van der Waals surface area contributed by atoms with Gasteiger partial charge in [0.05, 0.1) is 0 Å². The van der Waals surface area contributed by atoms with Gasteiger partial charge in [-0.15, -0.1) is 0 Å². The first-order valence-corrected chi connectivity index (χ1v) is 5.75. The van der Waals surface area contributed by atoms with Crippen LogP contribution in [0.25, 0.3) is 10.9 Å². The first-order valence-electron chi connectivity index (χ1n) is 5.75. The van der Waals surface area contributed by atoms with E-state index in [-0.39, 0.29) is 5.78 Å². The van der Waals surface area contributed by atoms with E-state index in [4.69, 9.17) is 0 Å². The number of ketones is 1. The maximum Gasteiger partial charge on any atom is 0.162 e. The van der Waals surface area contributed by atoms with Crippen molar-refractivity contribution < 1.29 is 4.79 Å². The van der Waals surface area contributed by atoms with Gasteiger partial charge in [-0.1, -0.05) is 25.1 Å². The van der Waals surface area contributed by atoms with Crippen molar-refractivity contribution in [2.24, 2.45) is 0 Å². The molecular weight excluding hydrogens is 198 g/mol. The van der Waals surface area contributed by atoms with Gasteiger partial charge in [-0.25, -0.2) is 0 Å². The Bertz CT molecular complexity index is 537. The van der Waals surface area contributed by atoms with E-state index in [0.29, 0.717) is 0 Å². The molecule has 0 aliphatic carbocycles. The maximum atomic E-state index is 11.7. The zero-order valence-electron chi connectivity index (χ0n) is 10.1. The predicted octanol–water partition coefficient (Wildman–Crippen LogP) is 3.56. The highest BCUT2D eigenvalue weighted by Crippen LogP contribution is 2.26. The van der Waals surface area contributed by atoms with E-state index in [0.717, 1.165) is 29.6 Å². The van der Waals surface area contributed by atoms with Gasteiger partial charge in [-0.05, 0) is 26.3 Å². The monoisotopic (exact) mass is 215 g/mol. The third-order valence-corrected chi connectivity index (χ3v) is 3.03. The highest BCUT2D eigenvalue weighted by molar-refractivity contribution is 6.08. The Hall–Kier alpha value is -1.57. The predicted molar refractivity (Wildman–Crippen MR) is 67.0 cm³/mol. The molecule has 2 heteroatoms. The largest absolute Gasteiger partial charge is 0.344 e. The number of benzene rings is 1. The summed E-state index contributed by atoms with van der Waals surface area (Å²) in [6, 6.07) is 8.14. The fraction of sp³-hybridized carbons (Fsp3) is 0.357. The van der Waals surface area contributed by atoms with Crippen LogP contribution < -0.4 is 0 Å². The first-order chi connectivity index (χ1) is 7.66. The second kappa shape index (κ2) is 4.12. The molecule has 84 valence electrons. The zero-order chi connectivity index (χ0) is 11.7. The Morgan fingerprint density at radius 3 is 2.62 bits per heavy atom. The number of nitrogens with zero attached hydrogens (tertiary/aromatic N) is 1. The van der Waals surface area contributed by atoms with Crippen LogP contribution in [0, 0.1) is 6.92 Å². The van der Waals surface area contributed by atoms with Crippen LogP contribution in [0.2, 0.25) is 0 Å². The molecule has 0 saturated heterocycles. The number of fused-ring (bicyclic) bond motifs is 1. The van der Waals surface area contributed by atoms with E-state index in [1.54, 1.807) is 6.92 Å². The summed E-state index contributed by atoms with van der Waals surface area (Å²) < 4.78 is 2.24. The van der Waals surface area contributed by atoms with Crippen LogP contribution in [-0.2, 0) is 6.54 Å². The van der Waals surface area contributed by atoms with E-state index < -0.39 is 0 Å². The van der Waals surface area contributed by atoms with E-state index in [1.807, 2.05) is 25.1 Å². The minimum Gasteiger partial charge on any atom is -0.344 e. The molecule has 1 heterocycles. The SMILES string of the molecule is CCCn1c(C)c(C(C)=O)c2ccccc21. The number of aromatic nitrogens is 1. The number of Topliss-reactive ketones (excluding diaryl/α,β-unsaturated/α-hetero) is 1. The smallest absolute Gasteiger partial charge is 0.162 e. The molecule has 0 aliphatic rings. The second-order valence-corrected chi connectivity index (χ2v) is 4.19.